The van der Waals surface area contributed by atoms with Crippen molar-refractivity contribution in [3.63, 3.8) is 0 Å². The number of halogens is 2. The van der Waals surface area contributed by atoms with E-state index >= 15 is 0 Å². The van der Waals surface area contributed by atoms with Gasteiger partial charge in [-0.2, -0.15) is 5.26 Å². The number of nitriles is 1. The number of aromatic hydroxyl groups is 1. The SMILES string of the molecule is N#Cc1ccc(O)c(F)c1Br. The fourth-order valence-corrected chi connectivity index (χ4v) is 1.05. The highest BCUT2D eigenvalue weighted by Gasteiger charge is 2.08. The van der Waals surface area contributed by atoms with Crippen molar-refractivity contribution < 1.29 is 9.50 Å². The van der Waals surface area contributed by atoms with Gasteiger partial charge >= 0.3 is 0 Å². The molecule has 1 N–H and O–H groups in total. The molecular formula is C7H3BrFNO. The number of benzene rings is 1. The molecule has 0 aromatic heterocycles. The minimum atomic E-state index is -0.802. The Bertz CT molecular complexity index is 332. The van der Waals surface area contributed by atoms with Gasteiger partial charge in [0.1, 0.15) is 6.07 Å². The first-order valence-electron chi connectivity index (χ1n) is 2.74. The topological polar surface area (TPSA) is 44.0 Å². The molecule has 0 atom stereocenters. The summed E-state index contributed by atoms with van der Waals surface area (Å²) in [7, 11) is 0. The predicted octanol–water partition coefficient (Wildman–Crippen LogP) is 2.17. The van der Waals surface area contributed by atoms with E-state index in [1.165, 1.54) is 6.07 Å². The molecule has 0 heterocycles. The lowest BCUT2D eigenvalue weighted by Gasteiger charge is -1.98. The van der Waals surface area contributed by atoms with Gasteiger partial charge in [0, 0.05) is 0 Å². The standard InChI is InChI=1S/C7H3BrFNO/c8-6-4(3-10)1-2-5(11)7(6)9/h1-2,11H. The van der Waals surface area contributed by atoms with Crippen LogP contribution in [0.2, 0.25) is 0 Å². The van der Waals surface area contributed by atoms with Gasteiger partial charge in [-0.15, -0.1) is 0 Å². The van der Waals surface area contributed by atoms with Gasteiger partial charge in [0.05, 0.1) is 10.0 Å². The van der Waals surface area contributed by atoms with Gasteiger partial charge in [0.2, 0.25) is 0 Å². The van der Waals surface area contributed by atoms with Crippen molar-refractivity contribution in [2.24, 2.45) is 0 Å². The van der Waals surface area contributed by atoms with Crippen LogP contribution in [0.4, 0.5) is 4.39 Å². The second-order valence-corrected chi connectivity index (χ2v) is 2.67. The Hall–Kier alpha value is -1.08. The Labute approximate surface area is 71.0 Å². The minimum Gasteiger partial charge on any atom is -0.505 e. The zero-order valence-electron chi connectivity index (χ0n) is 5.31. The third-order valence-corrected chi connectivity index (χ3v) is 1.96. The molecule has 4 heteroatoms. The second kappa shape index (κ2) is 2.89. The van der Waals surface area contributed by atoms with Gasteiger partial charge in [0.25, 0.3) is 0 Å². The van der Waals surface area contributed by atoms with E-state index < -0.39 is 11.6 Å². The highest BCUT2D eigenvalue weighted by atomic mass is 79.9. The van der Waals surface area contributed by atoms with Crippen molar-refractivity contribution >= 4 is 15.9 Å². The molecule has 0 saturated heterocycles. The Morgan fingerprint density at radius 1 is 1.55 bits per heavy atom. The fraction of sp³-hybridized carbons (Fsp3) is 0. The van der Waals surface area contributed by atoms with Crippen LogP contribution in [0.3, 0.4) is 0 Å². The van der Waals surface area contributed by atoms with E-state index in [0.29, 0.717) is 0 Å². The van der Waals surface area contributed by atoms with Crippen LogP contribution < -0.4 is 0 Å². The molecule has 0 bridgehead atoms. The lowest BCUT2D eigenvalue weighted by atomic mass is 10.2. The summed E-state index contributed by atoms with van der Waals surface area (Å²) in [5.41, 5.74) is 0.167. The summed E-state index contributed by atoms with van der Waals surface area (Å²) in [5.74, 6) is -1.26. The number of phenolic OH excluding ortho intramolecular Hbond substituents is 1. The van der Waals surface area contributed by atoms with Crippen LogP contribution in [0.15, 0.2) is 16.6 Å². The maximum absolute atomic E-state index is 12.7. The summed E-state index contributed by atoms with van der Waals surface area (Å²) in [6.45, 7) is 0. The van der Waals surface area contributed by atoms with Crippen molar-refractivity contribution in [3.8, 4) is 11.8 Å². The van der Waals surface area contributed by atoms with Crippen LogP contribution in [0, 0.1) is 17.1 Å². The molecule has 11 heavy (non-hydrogen) atoms. The average Bonchev–Trinajstić information content (AvgIpc) is 2.01. The summed E-state index contributed by atoms with van der Waals surface area (Å²) in [6.07, 6.45) is 0. The molecular weight excluding hydrogens is 213 g/mol. The van der Waals surface area contributed by atoms with E-state index in [9.17, 15) is 4.39 Å². The molecule has 0 fully saturated rings. The minimum absolute atomic E-state index is 0.000000000000000222. The van der Waals surface area contributed by atoms with Crippen LogP contribution in [-0.4, -0.2) is 5.11 Å². The number of phenols is 1. The van der Waals surface area contributed by atoms with Gasteiger partial charge < -0.3 is 5.11 Å². The monoisotopic (exact) mass is 215 g/mol. The van der Waals surface area contributed by atoms with Crippen molar-refractivity contribution in [1.82, 2.24) is 0 Å². The van der Waals surface area contributed by atoms with Crippen molar-refractivity contribution in [2.45, 2.75) is 0 Å². The molecule has 2 nitrogen and oxygen atoms in total. The molecule has 0 amide bonds. The van der Waals surface area contributed by atoms with E-state index in [1.54, 1.807) is 6.07 Å². The quantitative estimate of drug-likeness (QED) is 0.722. The Kier molecular flexibility index (Phi) is 2.11. The van der Waals surface area contributed by atoms with Crippen LogP contribution in [0.1, 0.15) is 5.56 Å². The summed E-state index contributed by atoms with van der Waals surface area (Å²) in [4.78, 5) is 0. The zero-order chi connectivity index (χ0) is 8.43. The molecule has 0 saturated carbocycles. The maximum Gasteiger partial charge on any atom is 0.180 e. The molecule has 0 spiro atoms. The summed E-state index contributed by atoms with van der Waals surface area (Å²) in [5, 5.41) is 17.2. The van der Waals surface area contributed by atoms with Gasteiger partial charge in [0.15, 0.2) is 11.6 Å². The lowest BCUT2D eigenvalue weighted by Crippen LogP contribution is -1.83. The smallest absolute Gasteiger partial charge is 0.180 e. The van der Waals surface area contributed by atoms with Crippen LogP contribution in [0.25, 0.3) is 0 Å². The first-order chi connectivity index (χ1) is 5.16. The first kappa shape index (κ1) is 8.02. The molecule has 0 unspecified atom stereocenters. The summed E-state index contributed by atoms with van der Waals surface area (Å²) in [6, 6.07) is 4.24. The van der Waals surface area contributed by atoms with E-state index in [-0.39, 0.29) is 10.0 Å². The Balaban J connectivity index is 3.40. The molecule has 0 aliphatic heterocycles. The second-order valence-electron chi connectivity index (χ2n) is 1.87. The molecule has 0 aliphatic rings. The number of hydrogen-bond donors (Lipinski definition) is 1. The van der Waals surface area contributed by atoms with Gasteiger partial charge in [-0.3, -0.25) is 0 Å². The largest absolute Gasteiger partial charge is 0.505 e. The fourth-order valence-electron chi connectivity index (χ4n) is 0.626. The van der Waals surface area contributed by atoms with Crippen LogP contribution in [-0.2, 0) is 0 Å². The first-order valence-corrected chi connectivity index (χ1v) is 3.53. The van der Waals surface area contributed by atoms with E-state index in [0.717, 1.165) is 6.07 Å². The van der Waals surface area contributed by atoms with Gasteiger partial charge in [-0.05, 0) is 28.1 Å². The molecule has 0 aliphatic carbocycles. The number of nitrogens with zero attached hydrogens (tertiary/aromatic N) is 1. The molecule has 1 aromatic carbocycles. The maximum atomic E-state index is 12.7. The predicted molar refractivity (Wildman–Crippen MR) is 40.5 cm³/mol. The Morgan fingerprint density at radius 3 is 2.73 bits per heavy atom. The Morgan fingerprint density at radius 2 is 2.18 bits per heavy atom. The zero-order valence-corrected chi connectivity index (χ0v) is 6.89. The van der Waals surface area contributed by atoms with Crippen LogP contribution >= 0.6 is 15.9 Å². The van der Waals surface area contributed by atoms with Crippen molar-refractivity contribution in [3.05, 3.63) is 28.0 Å². The van der Waals surface area contributed by atoms with E-state index in [1.807, 2.05) is 0 Å². The summed E-state index contributed by atoms with van der Waals surface area (Å²) < 4.78 is 12.7. The highest BCUT2D eigenvalue weighted by Crippen LogP contribution is 2.26. The molecule has 1 rings (SSSR count). The number of hydrogen-bond acceptors (Lipinski definition) is 2. The highest BCUT2D eigenvalue weighted by molar-refractivity contribution is 9.10. The summed E-state index contributed by atoms with van der Waals surface area (Å²) >= 11 is 2.83. The molecule has 1 aromatic rings. The molecule has 56 valence electrons. The van der Waals surface area contributed by atoms with E-state index in [2.05, 4.69) is 15.9 Å². The normalized spacial score (nSPS) is 9.18. The third kappa shape index (κ3) is 1.33. The lowest BCUT2D eigenvalue weighted by molar-refractivity contribution is 0.430. The van der Waals surface area contributed by atoms with Crippen molar-refractivity contribution in [2.75, 3.05) is 0 Å². The van der Waals surface area contributed by atoms with Gasteiger partial charge in [-0.25, -0.2) is 4.39 Å². The van der Waals surface area contributed by atoms with Crippen molar-refractivity contribution in [1.29, 1.82) is 5.26 Å². The average molecular weight is 216 g/mol. The third-order valence-electron chi connectivity index (χ3n) is 1.18. The van der Waals surface area contributed by atoms with Crippen LogP contribution in [0.5, 0.6) is 5.75 Å². The number of rotatable bonds is 0. The van der Waals surface area contributed by atoms with E-state index in [4.69, 9.17) is 10.4 Å². The molecule has 0 radical (unpaired) electrons. The van der Waals surface area contributed by atoms with Gasteiger partial charge in [-0.1, -0.05) is 0 Å².